The highest BCUT2D eigenvalue weighted by atomic mass is 16.5. The maximum Gasteiger partial charge on any atom is 0.0568 e. The average molecular weight is 286 g/mol. The van der Waals surface area contributed by atoms with Crippen molar-refractivity contribution >= 4 is 0 Å². The highest BCUT2D eigenvalue weighted by Gasteiger charge is 2.14. The Bertz CT molecular complexity index is 218. The van der Waals surface area contributed by atoms with E-state index in [0.717, 1.165) is 44.5 Å². The molecule has 2 nitrogen and oxygen atoms in total. The second-order valence-electron chi connectivity index (χ2n) is 7.92. The zero-order valence-electron chi connectivity index (χ0n) is 15.0. The lowest BCUT2D eigenvalue weighted by atomic mass is 9.84. The Balaban J connectivity index is 3.43. The van der Waals surface area contributed by atoms with Crippen LogP contribution in [-0.4, -0.2) is 25.9 Å². The second-order valence-corrected chi connectivity index (χ2v) is 7.92. The molecule has 0 N–H and O–H groups in total. The number of hydrogen-bond acceptors (Lipinski definition) is 2. The van der Waals surface area contributed by atoms with Gasteiger partial charge in [-0.05, 0) is 49.9 Å². The minimum absolute atomic E-state index is 0.320. The molecule has 0 aromatic heterocycles. The SMILES string of the molecule is CC(C)CCOC(C)CCOCCC(C)CC(C)(C)C. The fourth-order valence-corrected chi connectivity index (χ4v) is 2.37. The molecule has 0 rings (SSSR count). The highest BCUT2D eigenvalue weighted by Crippen LogP contribution is 2.25. The molecule has 0 aliphatic carbocycles. The Morgan fingerprint density at radius 3 is 1.95 bits per heavy atom. The van der Waals surface area contributed by atoms with Crippen LogP contribution in [0, 0.1) is 17.3 Å². The molecule has 2 atom stereocenters. The molecule has 0 aromatic rings. The molecule has 0 amide bonds. The summed E-state index contributed by atoms with van der Waals surface area (Å²) >= 11 is 0. The lowest BCUT2D eigenvalue weighted by Crippen LogP contribution is -2.15. The Hall–Kier alpha value is -0.0800. The van der Waals surface area contributed by atoms with Crippen LogP contribution in [0.2, 0.25) is 0 Å². The lowest BCUT2D eigenvalue weighted by Gasteiger charge is -2.23. The molecule has 0 saturated heterocycles. The van der Waals surface area contributed by atoms with Gasteiger partial charge in [0.05, 0.1) is 6.10 Å². The summed E-state index contributed by atoms with van der Waals surface area (Å²) in [6, 6.07) is 0. The molecule has 0 aromatic carbocycles. The van der Waals surface area contributed by atoms with Crippen molar-refractivity contribution in [3.63, 3.8) is 0 Å². The Morgan fingerprint density at radius 2 is 1.40 bits per heavy atom. The first kappa shape index (κ1) is 19.9. The molecule has 0 fully saturated rings. The van der Waals surface area contributed by atoms with Gasteiger partial charge in [0, 0.05) is 19.8 Å². The van der Waals surface area contributed by atoms with Crippen molar-refractivity contribution < 1.29 is 9.47 Å². The van der Waals surface area contributed by atoms with Crippen molar-refractivity contribution in [3.8, 4) is 0 Å². The van der Waals surface area contributed by atoms with Gasteiger partial charge in [-0.3, -0.25) is 0 Å². The van der Waals surface area contributed by atoms with E-state index in [4.69, 9.17) is 9.47 Å². The topological polar surface area (TPSA) is 18.5 Å². The molecule has 122 valence electrons. The van der Waals surface area contributed by atoms with Crippen molar-refractivity contribution in [1.29, 1.82) is 0 Å². The first-order valence-corrected chi connectivity index (χ1v) is 8.40. The smallest absolute Gasteiger partial charge is 0.0568 e. The third kappa shape index (κ3) is 14.3. The Kier molecular flexibility index (Phi) is 10.6. The molecule has 0 aliphatic rings. The first-order valence-electron chi connectivity index (χ1n) is 8.40. The Labute approximate surface area is 127 Å². The standard InChI is InChI=1S/C18H38O2/c1-15(2)8-13-20-17(4)10-12-19-11-9-16(3)14-18(5,6)7/h15-17H,8-14H2,1-7H3. The third-order valence-electron chi connectivity index (χ3n) is 3.48. The number of rotatable bonds is 11. The van der Waals surface area contributed by atoms with Gasteiger partial charge in [-0.2, -0.15) is 0 Å². The summed E-state index contributed by atoms with van der Waals surface area (Å²) in [5.41, 5.74) is 0.429. The zero-order valence-corrected chi connectivity index (χ0v) is 15.0. The minimum Gasteiger partial charge on any atom is -0.381 e. The van der Waals surface area contributed by atoms with Gasteiger partial charge >= 0.3 is 0 Å². The van der Waals surface area contributed by atoms with E-state index in [1.165, 1.54) is 12.8 Å². The summed E-state index contributed by atoms with van der Waals surface area (Å²) in [6.07, 6.45) is 4.91. The molecule has 0 spiro atoms. The van der Waals surface area contributed by atoms with E-state index in [-0.39, 0.29) is 0 Å². The summed E-state index contributed by atoms with van der Waals surface area (Å²) in [5.74, 6) is 1.47. The summed E-state index contributed by atoms with van der Waals surface area (Å²) in [6.45, 7) is 18.4. The monoisotopic (exact) mass is 286 g/mol. The van der Waals surface area contributed by atoms with E-state index in [0.29, 0.717) is 11.5 Å². The van der Waals surface area contributed by atoms with Gasteiger partial charge in [0.2, 0.25) is 0 Å². The molecule has 0 heterocycles. The Morgan fingerprint density at radius 1 is 0.800 bits per heavy atom. The van der Waals surface area contributed by atoms with Crippen LogP contribution < -0.4 is 0 Å². The third-order valence-corrected chi connectivity index (χ3v) is 3.48. The fraction of sp³-hybridized carbons (Fsp3) is 1.00. The molecule has 0 aliphatic heterocycles. The van der Waals surface area contributed by atoms with Crippen molar-refractivity contribution in [1.82, 2.24) is 0 Å². The summed E-state index contributed by atoms with van der Waals surface area (Å²) in [5, 5.41) is 0. The number of ether oxygens (including phenoxy) is 2. The molecule has 2 heteroatoms. The molecule has 2 unspecified atom stereocenters. The fourth-order valence-electron chi connectivity index (χ4n) is 2.37. The predicted octanol–water partition coefficient (Wildman–Crippen LogP) is 5.31. The minimum atomic E-state index is 0.320. The quantitative estimate of drug-likeness (QED) is 0.479. The highest BCUT2D eigenvalue weighted by molar-refractivity contribution is 4.66. The maximum atomic E-state index is 5.77. The van der Waals surface area contributed by atoms with Gasteiger partial charge in [0.15, 0.2) is 0 Å². The molecule has 0 saturated carbocycles. The van der Waals surface area contributed by atoms with Crippen LogP contribution in [0.15, 0.2) is 0 Å². The van der Waals surface area contributed by atoms with Crippen molar-refractivity contribution in [3.05, 3.63) is 0 Å². The van der Waals surface area contributed by atoms with Crippen LogP contribution in [0.5, 0.6) is 0 Å². The van der Waals surface area contributed by atoms with E-state index < -0.39 is 0 Å². The second kappa shape index (κ2) is 10.6. The molecule has 0 bridgehead atoms. The van der Waals surface area contributed by atoms with Crippen LogP contribution in [0.25, 0.3) is 0 Å². The van der Waals surface area contributed by atoms with Crippen LogP contribution in [0.3, 0.4) is 0 Å². The summed E-state index contributed by atoms with van der Waals surface area (Å²) < 4.78 is 11.5. The van der Waals surface area contributed by atoms with Crippen molar-refractivity contribution in [2.45, 2.75) is 80.3 Å². The van der Waals surface area contributed by atoms with Crippen LogP contribution in [-0.2, 0) is 9.47 Å². The van der Waals surface area contributed by atoms with E-state index in [1.54, 1.807) is 0 Å². The van der Waals surface area contributed by atoms with Gasteiger partial charge in [-0.15, -0.1) is 0 Å². The van der Waals surface area contributed by atoms with E-state index in [9.17, 15) is 0 Å². The first-order chi connectivity index (χ1) is 9.20. The van der Waals surface area contributed by atoms with Gasteiger partial charge in [-0.1, -0.05) is 41.5 Å². The lowest BCUT2D eigenvalue weighted by molar-refractivity contribution is 0.0247. The maximum absolute atomic E-state index is 5.77. The van der Waals surface area contributed by atoms with E-state index in [1.807, 2.05) is 0 Å². The zero-order chi connectivity index (χ0) is 15.6. The molecule has 20 heavy (non-hydrogen) atoms. The summed E-state index contributed by atoms with van der Waals surface area (Å²) in [7, 11) is 0. The number of hydrogen-bond donors (Lipinski definition) is 0. The van der Waals surface area contributed by atoms with Gasteiger partial charge in [-0.25, -0.2) is 0 Å². The van der Waals surface area contributed by atoms with Crippen LogP contribution in [0.1, 0.15) is 74.1 Å². The predicted molar refractivity (Wildman–Crippen MR) is 88.2 cm³/mol. The van der Waals surface area contributed by atoms with E-state index in [2.05, 4.69) is 48.5 Å². The molecular weight excluding hydrogens is 248 g/mol. The van der Waals surface area contributed by atoms with E-state index >= 15 is 0 Å². The van der Waals surface area contributed by atoms with Crippen LogP contribution in [0.4, 0.5) is 0 Å². The normalized spacial score (nSPS) is 15.6. The average Bonchev–Trinajstić information content (AvgIpc) is 2.25. The molecule has 0 radical (unpaired) electrons. The van der Waals surface area contributed by atoms with Crippen molar-refractivity contribution in [2.75, 3.05) is 19.8 Å². The van der Waals surface area contributed by atoms with Crippen LogP contribution >= 0.6 is 0 Å². The van der Waals surface area contributed by atoms with Crippen molar-refractivity contribution in [2.24, 2.45) is 17.3 Å². The van der Waals surface area contributed by atoms with Gasteiger partial charge in [0.25, 0.3) is 0 Å². The van der Waals surface area contributed by atoms with Gasteiger partial charge < -0.3 is 9.47 Å². The van der Waals surface area contributed by atoms with Gasteiger partial charge in [0.1, 0.15) is 0 Å². The molecular formula is C18H38O2. The largest absolute Gasteiger partial charge is 0.381 e. The summed E-state index contributed by atoms with van der Waals surface area (Å²) in [4.78, 5) is 0.